The van der Waals surface area contributed by atoms with Crippen molar-refractivity contribution in [2.24, 2.45) is 0 Å². The van der Waals surface area contributed by atoms with Crippen molar-refractivity contribution in [3.05, 3.63) is 56.8 Å². The maximum atomic E-state index is 12.2. The molecule has 3 heterocycles. The minimum absolute atomic E-state index is 0.0531. The summed E-state index contributed by atoms with van der Waals surface area (Å²) >= 11 is 1.47. The van der Waals surface area contributed by atoms with Crippen LogP contribution in [0.4, 0.5) is 0 Å². The Morgan fingerprint density at radius 3 is 2.96 bits per heavy atom. The fourth-order valence-electron chi connectivity index (χ4n) is 2.47. The van der Waals surface area contributed by atoms with Crippen molar-refractivity contribution in [3.8, 4) is 0 Å². The summed E-state index contributed by atoms with van der Waals surface area (Å²) in [7, 11) is 1.65. The number of methoxy groups -OCH3 is 1. The zero-order chi connectivity index (χ0) is 16.4. The molecule has 1 N–H and O–H groups in total. The zero-order valence-corrected chi connectivity index (χ0v) is 14.1. The van der Waals surface area contributed by atoms with Gasteiger partial charge in [0.2, 0.25) is 0 Å². The molecule has 0 aromatic carbocycles. The van der Waals surface area contributed by atoms with E-state index in [9.17, 15) is 4.79 Å². The van der Waals surface area contributed by atoms with Gasteiger partial charge in [-0.2, -0.15) is 0 Å². The van der Waals surface area contributed by atoms with Crippen LogP contribution in [0.1, 0.15) is 29.0 Å². The molecule has 0 aliphatic rings. The number of aromatic nitrogens is 2. The minimum Gasteiger partial charge on any atom is -0.465 e. The lowest BCUT2D eigenvalue weighted by Crippen LogP contribution is -2.26. The predicted octanol–water partition coefficient (Wildman–Crippen LogP) is 2.44. The van der Waals surface area contributed by atoms with Gasteiger partial charge in [-0.15, -0.1) is 11.3 Å². The molecule has 3 aromatic rings. The van der Waals surface area contributed by atoms with Gasteiger partial charge in [-0.05, 0) is 26.0 Å². The van der Waals surface area contributed by atoms with Gasteiger partial charge in [0.05, 0.1) is 18.3 Å². The highest BCUT2D eigenvalue weighted by Crippen LogP contribution is 2.17. The molecule has 0 saturated carbocycles. The SMILES string of the molecule is COCC(NCc1cc(=O)n2c(C)csc2n1)c1ccc(C)o1. The van der Waals surface area contributed by atoms with E-state index >= 15 is 0 Å². The number of nitrogens with zero attached hydrogens (tertiary/aromatic N) is 2. The zero-order valence-electron chi connectivity index (χ0n) is 13.3. The highest BCUT2D eigenvalue weighted by molar-refractivity contribution is 7.15. The second-order valence-corrected chi connectivity index (χ2v) is 6.25. The van der Waals surface area contributed by atoms with Crippen molar-refractivity contribution in [1.82, 2.24) is 14.7 Å². The summed E-state index contributed by atoms with van der Waals surface area (Å²) in [6.45, 7) is 4.75. The molecule has 0 saturated heterocycles. The predicted molar refractivity (Wildman–Crippen MR) is 89.0 cm³/mol. The molecule has 6 nitrogen and oxygen atoms in total. The van der Waals surface area contributed by atoms with Gasteiger partial charge in [0.1, 0.15) is 11.5 Å². The van der Waals surface area contributed by atoms with Gasteiger partial charge in [0.25, 0.3) is 5.56 Å². The number of rotatable bonds is 6. The van der Waals surface area contributed by atoms with Crippen LogP contribution in [0.5, 0.6) is 0 Å². The summed E-state index contributed by atoms with van der Waals surface area (Å²) in [4.78, 5) is 17.4. The monoisotopic (exact) mass is 333 g/mol. The lowest BCUT2D eigenvalue weighted by molar-refractivity contribution is 0.156. The van der Waals surface area contributed by atoms with Crippen LogP contribution in [0.3, 0.4) is 0 Å². The Hall–Kier alpha value is -1.96. The summed E-state index contributed by atoms with van der Waals surface area (Å²) in [5.41, 5.74) is 1.56. The van der Waals surface area contributed by atoms with Gasteiger partial charge >= 0.3 is 0 Å². The molecule has 0 aliphatic carbocycles. The second-order valence-electron chi connectivity index (χ2n) is 5.42. The molecule has 0 radical (unpaired) electrons. The summed E-state index contributed by atoms with van der Waals surface area (Å²) in [5, 5.41) is 5.27. The normalized spacial score (nSPS) is 12.8. The molecular formula is C16H19N3O3S. The van der Waals surface area contributed by atoms with Crippen molar-refractivity contribution in [2.75, 3.05) is 13.7 Å². The number of fused-ring (bicyclic) bond motifs is 1. The smallest absolute Gasteiger partial charge is 0.259 e. The van der Waals surface area contributed by atoms with E-state index < -0.39 is 0 Å². The lowest BCUT2D eigenvalue weighted by Gasteiger charge is -2.15. The van der Waals surface area contributed by atoms with E-state index in [2.05, 4.69) is 10.3 Å². The Morgan fingerprint density at radius 2 is 2.26 bits per heavy atom. The topological polar surface area (TPSA) is 68.8 Å². The van der Waals surface area contributed by atoms with E-state index in [1.54, 1.807) is 17.6 Å². The Kier molecular flexibility index (Phi) is 4.61. The summed E-state index contributed by atoms with van der Waals surface area (Å²) in [5.74, 6) is 1.67. The van der Waals surface area contributed by atoms with Gasteiger partial charge in [-0.3, -0.25) is 14.5 Å². The van der Waals surface area contributed by atoms with Crippen molar-refractivity contribution in [1.29, 1.82) is 0 Å². The molecule has 0 aliphatic heterocycles. The number of aryl methyl sites for hydroxylation is 2. The summed E-state index contributed by atoms with van der Waals surface area (Å²) in [6.07, 6.45) is 0. The highest BCUT2D eigenvalue weighted by atomic mass is 32.1. The third-order valence-electron chi connectivity index (χ3n) is 3.60. The van der Waals surface area contributed by atoms with Crippen molar-refractivity contribution in [2.45, 2.75) is 26.4 Å². The van der Waals surface area contributed by atoms with Crippen LogP contribution < -0.4 is 10.9 Å². The molecule has 23 heavy (non-hydrogen) atoms. The van der Waals surface area contributed by atoms with Gasteiger partial charge < -0.3 is 9.15 Å². The number of hydrogen-bond acceptors (Lipinski definition) is 6. The molecule has 3 rings (SSSR count). The van der Waals surface area contributed by atoms with Crippen LogP contribution in [0.25, 0.3) is 4.96 Å². The third-order valence-corrected chi connectivity index (χ3v) is 4.54. The van der Waals surface area contributed by atoms with Gasteiger partial charge in [-0.1, -0.05) is 0 Å². The first kappa shape index (κ1) is 15.9. The average Bonchev–Trinajstić information content (AvgIpc) is 3.10. The first-order valence-corrected chi connectivity index (χ1v) is 8.22. The second kappa shape index (κ2) is 6.66. The molecule has 7 heteroatoms. The molecule has 1 atom stereocenters. The van der Waals surface area contributed by atoms with Crippen molar-refractivity contribution >= 4 is 16.3 Å². The maximum absolute atomic E-state index is 12.2. The first-order valence-electron chi connectivity index (χ1n) is 7.34. The Morgan fingerprint density at radius 1 is 1.43 bits per heavy atom. The third kappa shape index (κ3) is 3.36. The van der Waals surface area contributed by atoms with Crippen LogP contribution in [0.15, 0.2) is 32.8 Å². The fourth-order valence-corrected chi connectivity index (χ4v) is 3.36. The lowest BCUT2D eigenvalue weighted by atomic mass is 10.2. The standard InChI is InChI=1S/C16H19N3O3S/c1-10-9-23-16-18-12(6-15(20)19(10)16)7-17-13(8-21-3)14-5-4-11(2)22-14/h4-6,9,13,17H,7-8H2,1-3H3. The van der Waals surface area contributed by atoms with E-state index in [0.717, 1.165) is 17.2 Å². The molecule has 3 aromatic heterocycles. The van der Waals surface area contributed by atoms with E-state index in [1.165, 1.54) is 11.3 Å². The van der Waals surface area contributed by atoms with E-state index in [4.69, 9.17) is 9.15 Å². The minimum atomic E-state index is -0.0842. The molecule has 0 spiro atoms. The van der Waals surface area contributed by atoms with Crippen LogP contribution in [0.2, 0.25) is 0 Å². The van der Waals surface area contributed by atoms with Crippen LogP contribution in [-0.2, 0) is 11.3 Å². The Bertz CT molecular complexity index is 865. The summed E-state index contributed by atoms with van der Waals surface area (Å²) < 4.78 is 12.5. The average molecular weight is 333 g/mol. The van der Waals surface area contributed by atoms with Crippen LogP contribution in [0, 0.1) is 13.8 Å². The molecular weight excluding hydrogens is 314 g/mol. The van der Waals surface area contributed by atoms with Gasteiger partial charge in [0.15, 0.2) is 4.96 Å². The molecule has 0 amide bonds. The summed E-state index contributed by atoms with van der Waals surface area (Å²) in [6, 6.07) is 5.33. The van der Waals surface area contributed by atoms with E-state index in [-0.39, 0.29) is 11.6 Å². The number of nitrogens with one attached hydrogen (secondary N) is 1. The molecule has 122 valence electrons. The van der Waals surface area contributed by atoms with E-state index in [1.807, 2.05) is 31.4 Å². The number of ether oxygens (including phenoxy) is 1. The number of furan rings is 1. The quantitative estimate of drug-likeness (QED) is 0.750. The van der Waals surface area contributed by atoms with Crippen molar-refractivity contribution in [3.63, 3.8) is 0 Å². The molecule has 0 fully saturated rings. The van der Waals surface area contributed by atoms with Crippen LogP contribution in [-0.4, -0.2) is 23.1 Å². The largest absolute Gasteiger partial charge is 0.465 e. The number of thiazole rings is 1. The van der Waals surface area contributed by atoms with Crippen molar-refractivity contribution < 1.29 is 9.15 Å². The molecule has 0 bridgehead atoms. The van der Waals surface area contributed by atoms with Gasteiger partial charge in [-0.25, -0.2) is 4.98 Å². The number of hydrogen-bond donors (Lipinski definition) is 1. The maximum Gasteiger partial charge on any atom is 0.259 e. The molecule has 1 unspecified atom stereocenters. The highest BCUT2D eigenvalue weighted by Gasteiger charge is 2.15. The fraction of sp³-hybridized carbons (Fsp3) is 0.375. The Labute approximate surface area is 137 Å². The first-order chi connectivity index (χ1) is 11.1. The van der Waals surface area contributed by atoms with Gasteiger partial charge in [0, 0.05) is 30.8 Å². The Balaban J connectivity index is 1.79. The van der Waals surface area contributed by atoms with Crippen LogP contribution >= 0.6 is 11.3 Å². The van der Waals surface area contributed by atoms with E-state index in [0.29, 0.717) is 23.8 Å².